The minimum atomic E-state index is -0.542. The third-order valence-electron chi connectivity index (χ3n) is 5.27. The maximum atomic E-state index is 15.0. The van der Waals surface area contributed by atoms with Gasteiger partial charge in [0, 0.05) is 23.2 Å². The molecule has 0 unspecified atom stereocenters. The number of halogens is 1. The highest BCUT2D eigenvalue weighted by atomic mass is 19.1. The lowest BCUT2D eigenvalue weighted by Crippen LogP contribution is -1.96. The van der Waals surface area contributed by atoms with Gasteiger partial charge in [-0.15, -0.1) is 10.2 Å². The number of ether oxygens (including phenoxy) is 4. The molecule has 5 aromatic rings. The Labute approximate surface area is 200 Å². The van der Waals surface area contributed by atoms with Crippen molar-refractivity contribution < 1.29 is 23.3 Å². The van der Waals surface area contributed by atoms with Crippen molar-refractivity contribution in [3.8, 4) is 45.9 Å². The van der Waals surface area contributed by atoms with E-state index in [1.807, 2.05) is 30.3 Å². The van der Waals surface area contributed by atoms with Crippen LogP contribution in [0.25, 0.3) is 22.2 Å². The van der Waals surface area contributed by atoms with Crippen LogP contribution in [0, 0.1) is 5.82 Å². The molecular weight excluding hydrogens is 449 g/mol. The lowest BCUT2D eigenvalue weighted by atomic mass is 10.1. The topological polar surface area (TPSA) is 75.6 Å². The van der Waals surface area contributed by atoms with E-state index in [2.05, 4.69) is 15.2 Å². The molecule has 0 spiro atoms. The summed E-state index contributed by atoms with van der Waals surface area (Å²) >= 11 is 0. The third kappa shape index (κ3) is 4.54. The summed E-state index contributed by atoms with van der Waals surface area (Å²) in [6, 6.07) is 22.5. The monoisotopic (exact) mass is 469 g/mol. The number of hydrogen-bond donors (Lipinski definition) is 0. The molecule has 0 N–H and O–H groups in total. The number of methoxy groups -OCH3 is 2. The standard InChI is InChI=1S/C27H20FN3O4/c1-32-24-12-9-19-22(14-15-29-26(19)27(24)33-2)35-23-11-8-17(16-20(23)28)21-10-13-25(31-30-21)34-18-6-4-3-5-7-18/h3-16H,1-2H3. The predicted octanol–water partition coefficient (Wildman–Crippen LogP) is 6.43. The molecule has 174 valence electrons. The van der Waals surface area contributed by atoms with Crippen LogP contribution in [0.5, 0.6) is 34.6 Å². The van der Waals surface area contributed by atoms with Crippen LogP contribution in [0.2, 0.25) is 0 Å². The van der Waals surface area contributed by atoms with E-state index in [-0.39, 0.29) is 5.75 Å². The van der Waals surface area contributed by atoms with Crippen molar-refractivity contribution in [2.24, 2.45) is 0 Å². The molecule has 5 rings (SSSR count). The largest absolute Gasteiger partial charge is 0.493 e. The van der Waals surface area contributed by atoms with Crippen LogP contribution in [0.3, 0.4) is 0 Å². The SMILES string of the molecule is COc1ccc2c(Oc3ccc(-c4ccc(Oc5ccccc5)nn4)cc3F)ccnc2c1OC. The quantitative estimate of drug-likeness (QED) is 0.272. The molecule has 0 fully saturated rings. The van der Waals surface area contributed by atoms with E-state index >= 15 is 0 Å². The fraction of sp³-hybridized carbons (Fsp3) is 0.0741. The van der Waals surface area contributed by atoms with Crippen LogP contribution in [0.1, 0.15) is 0 Å². The third-order valence-corrected chi connectivity index (χ3v) is 5.27. The van der Waals surface area contributed by atoms with Gasteiger partial charge in [0.15, 0.2) is 23.1 Å². The van der Waals surface area contributed by atoms with Crippen molar-refractivity contribution in [1.29, 1.82) is 0 Å². The first-order valence-corrected chi connectivity index (χ1v) is 10.7. The minimum Gasteiger partial charge on any atom is -0.493 e. The van der Waals surface area contributed by atoms with Gasteiger partial charge in [-0.25, -0.2) is 4.39 Å². The number of pyridine rings is 1. The molecule has 0 saturated carbocycles. The molecule has 2 heterocycles. The molecule has 0 aliphatic heterocycles. The molecule has 35 heavy (non-hydrogen) atoms. The number of para-hydroxylation sites is 1. The number of rotatable bonds is 7. The summed E-state index contributed by atoms with van der Waals surface area (Å²) in [6.45, 7) is 0. The number of nitrogens with zero attached hydrogens (tertiary/aromatic N) is 3. The summed E-state index contributed by atoms with van der Waals surface area (Å²) in [7, 11) is 3.09. The van der Waals surface area contributed by atoms with E-state index in [1.54, 1.807) is 55.8 Å². The van der Waals surface area contributed by atoms with Gasteiger partial charge >= 0.3 is 0 Å². The Morgan fingerprint density at radius 3 is 2.26 bits per heavy atom. The van der Waals surface area contributed by atoms with Gasteiger partial charge in [-0.3, -0.25) is 4.98 Å². The molecule has 2 aromatic heterocycles. The van der Waals surface area contributed by atoms with Gasteiger partial charge in [-0.2, -0.15) is 0 Å². The lowest BCUT2D eigenvalue weighted by molar-refractivity contribution is 0.358. The highest BCUT2D eigenvalue weighted by Crippen LogP contribution is 2.39. The fourth-order valence-electron chi connectivity index (χ4n) is 3.60. The van der Waals surface area contributed by atoms with E-state index in [9.17, 15) is 4.39 Å². The Bertz CT molecular complexity index is 1480. The summed E-state index contributed by atoms with van der Waals surface area (Å²) in [5, 5.41) is 8.90. The van der Waals surface area contributed by atoms with Gasteiger partial charge in [-0.05, 0) is 54.6 Å². The van der Waals surface area contributed by atoms with E-state index in [4.69, 9.17) is 18.9 Å². The lowest BCUT2D eigenvalue weighted by Gasteiger charge is -2.13. The summed E-state index contributed by atoms with van der Waals surface area (Å²) in [4.78, 5) is 4.37. The second kappa shape index (κ2) is 9.64. The molecular formula is C27H20FN3O4. The Balaban J connectivity index is 1.39. The van der Waals surface area contributed by atoms with E-state index in [0.29, 0.717) is 51.0 Å². The molecule has 0 aliphatic carbocycles. The molecule has 0 amide bonds. The van der Waals surface area contributed by atoms with Crippen LogP contribution in [0.15, 0.2) is 85.1 Å². The number of hydrogen-bond acceptors (Lipinski definition) is 7. The molecule has 8 heteroatoms. The second-order valence-corrected chi connectivity index (χ2v) is 7.43. The smallest absolute Gasteiger partial charge is 0.238 e. The zero-order valence-corrected chi connectivity index (χ0v) is 18.9. The van der Waals surface area contributed by atoms with Crippen molar-refractivity contribution in [2.45, 2.75) is 0 Å². The molecule has 0 saturated heterocycles. The van der Waals surface area contributed by atoms with Crippen molar-refractivity contribution in [3.63, 3.8) is 0 Å². The minimum absolute atomic E-state index is 0.0630. The van der Waals surface area contributed by atoms with Crippen molar-refractivity contribution in [2.75, 3.05) is 14.2 Å². The van der Waals surface area contributed by atoms with Gasteiger partial charge < -0.3 is 18.9 Å². The normalized spacial score (nSPS) is 10.7. The number of fused-ring (bicyclic) bond motifs is 1. The van der Waals surface area contributed by atoms with Crippen LogP contribution in [-0.4, -0.2) is 29.4 Å². The maximum absolute atomic E-state index is 15.0. The average molecular weight is 469 g/mol. The van der Waals surface area contributed by atoms with E-state index in [0.717, 1.165) is 0 Å². The summed E-state index contributed by atoms with van der Waals surface area (Å²) in [5.41, 5.74) is 1.61. The molecule has 0 bridgehead atoms. The molecule has 0 radical (unpaired) electrons. The van der Waals surface area contributed by atoms with Gasteiger partial charge in [0.1, 0.15) is 17.0 Å². The molecule has 0 aliphatic rings. The second-order valence-electron chi connectivity index (χ2n) is 7.43. The van der Waals surface area contributed by atoms with Crippen LogP contribution in [-0.2, 0) is 0 Å². The molecule has 3 aromatic carbocycles. The maximum Gasteiger partial charge on any atom is 0.238 e. The fourth-order valence-corrected chi connectivity index (χ4v) is 3.60. The van der Waals surface area contributed by atoms with Crippen molar-refractivity contribution >= 4 is 10.9 Å². The van der Waals surface area contributed by atoms with Crippen LogP contribution >= 0.6 is 0 Å². The Hall–Kier alpha value is -4.72. The average Bonchev–Trinajstić information content (AvgIpc) is 2.90. The van der Waals surface area contributed by atoms with Gasteiger partial charge in [0.05, 0.1) is 19.9 Å². The summed E-state index contributed by atoms with van der Waals surface area (Å²) in [6.07, 6.45) is 1.57. The van der Waals surface area contributed by atoms with E-state index < -0.39 is 5.82 Å². The van der Waals surface area contributed by atoms with Gasteiger partial charge in [0.25, 0.3) is 0 Å². The van der Waals surface area contributed by atoms with E-state index in [1.165, 1.54) is 13.2 Å². The van der Waals surface area contributed by atoms with Crippen molar-refractivity contribution in [3.05, 3.63) is 90.9 Å². The highest BCUT2D eigenvalue weighted by Gasteiger charge is 2.15. The van der Waals surface area contributed by atoms with Crippen LogP contribution in [0.4, 0.5) is 4.39 Å². The Morgan fingerprint density at radius 1 is 0.714 bits per heavy atom. The van der Waals surface area contributed by atoms with Gasteiger partial charge in [-0.1, -0.05) is 18.2 Å². The summed E-state index contributed by atoms with van der Waals surface area (Å²) < 4.78 is 37.3. The highest BCUT2D eigenvalue weighted by molar-refractivity contribution is 5.92. The first-order valence-electron chi connectivity index (χ1n) is 10.7. The Kier molecular flexibility index (Phi) is 6.09. The molecule has 0 atom stereocenters. The van der Waals surface area contributed by atoms with Crippen molar-refractivity contribution in [1.82, 2.24) is 15.2 Å². The first kappa shape index (κ1) is 22.1. The first-order chi connectivity index (χ1) is 17.2. The number of benzene rings is 3. The zero-order chi connectivity index (χ0) is 24.2. The molecule has 7 nitrogen and oxygen atoms in total. The van der Waals surface area contributed by atoms with Crippen LogP contribution < -0.4 is 18.9 Å². The number of aromatic nitrogens is 3. The summed E-state index contributed by atoms with van der Waals surface area (Å²) in [5.74, 6) is 1.97. The van der Waals surface area contributed by atoms with Gasteiger partial charge in [0.2, 0.25) is 5.88 Å². The zero-order valence-electron chi connectivity index (χ0n) is 18.9. The predicted molar refractivity (Wildman–Crippen MR) is 129 cm³/mol. The Morgan fingerprint density at radius 2 is 1.54 bits per heavy atom.